The summed E-state index contributed by atoms with van der Waals surface area (Å²) in [5.41, 5.74) is 11.2. The SMILES string of the molecule is CC(C)Cc1cc(-c2[c-]cccc2)ncc1[Si](C)(C)C.Cc1cccc(C)c1-c1ccc2c(n1)oc1c(-c3ccccn3)[c-]ccc12.[Ir]. The van der Waals surface area contributed by atoms with E-state index >= 15 is 0 Å². The number of aromatic nitrogens is 3. The van der Waals surface area contributed by atoms with Crippen LogP contribution < -0.4 is 5.19 Å². The molecule has 4 aromatic heterocycles. The Kier molecular flexibility index (Phi) is 10.9. The van der Waals surface area contributed by atoms with E-state index < -0.39 is 8.07 Å². The van der Waals surface area contributed by atoms with Gasteiger partial charge in [-0.15, -0.1) is 54.1 Å². The molecule has 7 rings (SSSR count). The molecule has 1 radical (unpaired) electrons. The van der Waals surface area contributed by atoms with E-state index in [0.717, 1.165) is 56.5 Å². The molecule has 6 heteroatoms. The van der Waals surface area contributed by atoms with Crippen LogP contribution in [0.15, 0.2) is 108 Å². The van der Waals surface area contributed by atoms with Crippen LogP contribution in [0.2, 0.25) is 19.6 Å². The number of fused-ring (bicyclic) bond motifs is 3. The van der Waals surface area contributed by atoms with Crippen LogP contribution in [0.5, 0.6) is 0 Å². The minimum atomic E-state index is -1.34. The van der Waals surface area contributed by atoms with Gasteiger partial charge in [0, 0.05) is 43.4 Å². The summed E-state index contributed by atoms with van der Waals surface area (Å²) in [6.45, 7) is 16.0. The van der Waals surface area contributed by atoms with E-state index in [2.05, 4.69) is 118 Å². The second-order valence-corrected chi connectivity index (χ2v) is 18.6. The zero-order valence-corrected chi connectivity index (χ0v) is 32.1. The van der Waals surface area contributed by atoms with Crippen LogP contribution >= 0.6 is 0 Å². The van der Waals surface area contributed by atoms with E-state index in [-0.39, 0.29) is 20.1 Å². The zero-order valence-electron chi connectivity index (χ0n) is 28.7. The van der Waals surface area contributed by atoms with Gasteiger partial charge in [0.1, 0.15) is 0 Å². The predicted octanol–water partition coefficient (Wildman–Crippen LogP) is 10.4. The fraction of sp³-hybridized carbons (Fsp3) is 0.214. The first-order chi connectivity index (χ1) is 22.6. The Morgan fingerprint density at radius 3 is 2.19 bits per heavy atom. The standard InChI is InChI=1S/C24H17N2O.C18H24NSi.Ir/c1-15-7-5-8-16(2)22(15)21-13-12-18-17-9-6-10-19(20-11-3-4-14-25-20)23(17)27-24(18)26-21;1-14(2)11-16-12-17(15-9-7-6-8-10-15)19-13-18(16)20(3,4)5;/h3-9,11-14H,1-2H3;6-9,12-14H,11H2,1-5H3;/q2*-1;. The molecule has 0 unspecified atom stereocenters. The molecule has 0 spiro atoms. The molecule has 0 aliphatic carbocycles. The smallest absolute Gasteiger partial charge is 0.216 e. The van der Waals surface area contributed by atoms with Crippen molar-refractivity contribution >= 4 is 35.3 Å². The molecule has 0 aliphatic heterocycles. The van der Waals surface area contributed by atoms with Crippen molar-refractivity contribution in [1.29, 1.82) is 0 Å². The summed E-state index contributed by atoms with van der Waals surface area (Å²) in [5.74, 6) is 0.667. The third-order valence-corrected chi connectivity index (χ3v) is 10.4. The number of aryl methyl sites for hydroxylation is 2. The molecule has 245 valence electrons. The normalized spacial score (nSPS) is 11.3. The van der Waals surface area contributed by atoms with E-state index in [9.17, 15) is 0 Å². The Hall–Kier alpha value is -4.22. The summed E-state index contributed by atoms with van der Waals surface area (Å²) in [6.07, 6.45) is 5.02. The average molecular weight is 824 g/mol. The predicted molar refractivity (Wildman–Crippen MR) is 199 cm³/mol. The van der Waals surface area contributed by atoms with Crippen LogP contribution in [0, 0.1) is 31.9 Å². The van der Waals surface area contributed by atoms with Crippen molar-refractivity contribution in [3.05, 3.63) is 132 Å². The largest absolute Gasteiger partial charge is 0.486 e. The van der Waals surface area contributed by atoms with Gasteiger partial charge in [-0.25, -0.2) is 4.98 Å². The van der Waals surface area contributed by atoms with Gasteiger partial charge in [0.15, 0.2) is 0 Å². The Labute approximate surface area is 299 Å². The van der Waals surface area contributed by atoms with Crippen LogP contribution in [0.1, 0.15) is 30.5 Å². The third-order valence-electron chi connectivity index (χ3n) is 8.37. The molecule has 7 aromatic rings. The zero-order chi connectivity index (χ0) is 33.1. The topological polar surface area (TPSA) is 51.8 Å². The van der Waals surface area contributed by atoms with Gasteiger partial charge in [-0.2, -0.15) is 0 Å². The van der Waals surface area contributed by atoms with E-state index in [1.165, 1.54) is 21.9 Å². The molecule has 0 fully saturated rings. The molecule has 0 atom stereocenters. The number of benzene rings is 3. The number of furan rings is 1. The number of rotatable bonds is 6. The van der Waals surface area contributed by atoms with Gasteiger partial charge < -0.3 is 14.4 Å². The molecule has 0 bridgehead atoms. The van der Waals surface area contributed by atoms with E-state index in [0.29, 0.717) is 11.6 Å². The Balaban J connectivity index is 0.000000193. The Morgan fingerprint density at radius 1 is 0.750 bits per heavy atom. The molecule has 0 saturated heterocycles. The molecule has 4 nitrogen and oxygen atoms in total. The van der Waals surface area contributed by atoms with Crippen LogP contribution in [-0.4, -0.2) is 23.0 Å². The second-order valence-electron chi connectivity index (χ2n) is 13.6. The minimum absolute atomic E-state index is 0. The van der Waals surface area contributed by atoms with Crippen LogP contribution in [0.25, 0.3) is 55.8 Å². The molecule has 4 heterocycles. The van der Waals surface area contributed by atoms with Crippen molar-refractivity contribution in [2.45, 2.75) is 53.8 Å². The van der Waals surface area contributed by atoms with Gasteiger partial charge in [0.2, 0.25) is 5.71 Å². The number of hydrogen-bond acceptors (Lipinski definition) is 4. The number of nitrogens with zero attached hydrogens (tertiary/aromatic N) is 3. The summed E-state index contributed by atoms with van der Waals surface area (Å²) in [4.78, 5) is 14.0. The van der Waals surface area contributed by atoms with Crippen LogP contribution in [-0.2, 0) is 26.5 Å². The first-order valence-electron chi connectivity index (χ1n) is 16.3. The summed E-state index contributed by atoms with van der Waals surface area (Å²) in [6, 6.07) is 37.1. The van der Waals surface area contributed by atoms with E-state index in [4.69, 9.17) is 9.40 Å². The van der Waals surface area contributed by atoms with Gasteiger partial charge in [0.05, 0.1) is 19.4 Å². The van der Waals surface area contributed by atoms with Crippen LogP contribution in [0.3, 0.4) is 0 Å². The van der Waals surface area contributed by atoms with Crippen molar-refractivity contribution in [3.63, 3.8) is 0 Å². The molecular formula is C42H41IrN3OSi-2. The Bertz CT molecular complexity index is 2130. The Morgan fingerprint density at radius 2 is 1.52 bits per heavy atom. The molecule has 0 saturated carbocycles. The fourth-order valence-electron chi connectivity index (χ4n) is 6.16. The van der Waals surface area contributed by atoms with Crippen molar-refractivity contribution in [2.75, 3.05) is 0 Å². The molecular weight excluding hydrogens is 783 g/mol. The minimum Gasteiger partial charge on any atom is -0.486 e. The monoisotopic (exact) mass is 824 g/mol. The van der Waals surface area contributed by atoms with Crippen LogP contribution in [0.4, 0.5) is 0 Å². The summed E-state index contributed by atoms with van der Waals surface area (Å²) in [7, 11) is -1.34. The first kappa shape index (κ1) is 35.1. The van der Waals surface area contributed by atoms with Crippen molar-refractivity contribution in [2.24, 2.45) is 5.92 Å². The summed E-state index contributed by atoms with van der Waals surface area (Å²) >= 11 is 0. The van der Waals surface area contributed by atoms with Gasteiger partial charge in [-0.05, 0) is 72.1 Å². The first-order valence-corrected chi connectivity index (χ1v) is 19.8. The van der Waals surface area contributed by atoms with E-state index in [1.807, 2.05) is 48.5 Å². The maximum Gasteiger partial charge on any atom is 0.216 e. The summed E-state index contributed by atoms with van der Waals surface area (Å²) < 4.78 is 6.20. The van der Waals surface area contributed by atoms with Gasteiger partial charge in [-0.3, -0.25) is 0 Å². The second kappa shape index (κ2) is 14.9. The van der Waals surface area contributed by atoms with Gasteiger partial charge in [0.25, 0.3) is 0 Å². The van der Waals surface area contributed by atoms with E-state index in [1.54, 1.807) is 6.20 Å². The quantitative estimate of drug-likeness (QED) is 0.124. The van der Waals surface area contributed by atoms with Gasteiger partial charge in [-0.1, -0.05) is 86.4 Å². The number of pyridine rings is 3. The van der Waals surface area contributed by atoms with Crippen molar-refractivity contribution < 1.29 is 24.5 Å². The van der Waals surface area contributed by atoms with Crippen molar-refractivity contribution in [1.82, 2.24) is 15.0 Å². The fourth-order valence-corrected chi connectivity index (χ4v) is 7.75. The molecule has 0 aliphatic rings. The average Bonchev–Trinajstić information content (AvgIpc) is 3.43. The van der Waals surface area contributed by atoms with Gasteiger partial charge >= 0.3 is 0 Å². The molecule has 3 aromatic carbocycles. The molecule has 48 heavy (non-hydrogen) atoms. The number of hydrogen-bond donors (Lipinski definition) is 0. The summed E-state index contributed by atoms with van der Waals surface area (Å²) in [5, 5.41) is 3.53. The molecule has 0 N–H and O–H groups in total. The maximum absolute atomic E-state index is 6.20. The molecule has 0 amide bonds. The maximum atomic E-state index is 6.20. The van der Waals surface area contributed by atoms with Crippen molar-refractivity contribution in [3.8, 4) is 33.8 Å². The third kappa shape index (κ3) is 7.57.